The minimum Gasteiger partial charge on any atom is -0.478 e. The first-order chi connectivity index (χ1) is 8.70. The summed E-state index contributed by atoms with van der Waals surface area (Å²) in [5.41, 5.74) is 5.88. The van der Waals surface area contributed by atoms with Gasteiger partial charge in [-0.1, -0.05) is 0 Å². The highest BCUT2D eigenvalue weighted by molar-refractivity contribution is 5.41. The van der Waals surface area contributed by atoms with Gasteiger partial charge in [0.25, 0.3) is 0 Å². The number of morpholine rings is 1. The molecule has 2 rings (SSSR count). The number of hydrogen-bond donors (Lipinski definition) is 1. The fourth-order valence-electron chi connectivity index (χ4n) is 1.93. The Bertz CT molecular complexity index is 386. The monoisotopic (exact) mass is 252 g/mol. The molecule has 0 spiro atoms. The largest absolute Gasteiger partial charge is 0.478 e. The molecule has 100 valence electrons. The maximum absolute atomic E-state index is 5.88. The number of ether oxygens (including phenoxy) is 2. The van der Waals surface area contributed by atoms with Crippen molar-refractivity contribution >= 4 is 5.82 Å². The standard InChI is InChI=1S/C12H20N4O2/c1-3-17-12-6-11(14-8-15-12)16-4-5-18-10(7-16)9(2)13/h6,8-10H,3-5,7,13H2,1-2H3. The van der Waals surface area contributed by atoms with E-state index in [9.17, 15) is 0 Å². The Morgan fingerprint density at radius 2 is 2.44 bits per heavy atom. The summed E-state index contributed by atoms with van der Waals surface area (Å²) < 4.78 is 11.0. The predicted molar refractivity (Wildman–Crippen MR) is 68.8 cm³/mol. The first-order valence-corrected chi connectivity index (χ1v) is 6.27. The molecule has 2 heterocycles. The van der Waals surface area contributed by atoms with Gasteiger partial charge in [-0.15, -0.1) is 0 Å². The lowest BCUT2D eigenvalue weighted by Gasteiger charge is -2.35. The highest BCUT2D eigenvalue weighted by Gasteiger charge is 2.24. The van der Waals surface area contributed by atoms with Crippen molar-refractivity contribution in [3.05, 3.63) is 12.4 Å². The quantitative estimate of drug-likeness (QED) is 0.837. The van der Waals surface area contributed by atoms with Crippen LogP contribution in [0, 0.1) is 0 Å². The molecule has 0 saturated carbocycles. The fraction of sp³-hybridized carbons (Fsp3) is 0.667. The Kier molecular flexibility index (Phi) is 4.33. The molecule has 1 saturated heterocycles. The van der Waals surface area contributed by atoms with E-state index in [1.165, 1.54) is 6.33 Å². The molecule has 2 atom stereocenters. The zero-order valence-electron chi connectivity index (χ0n) is 10.9. The third-order valence-electron chi connectivity index (χ3n) is 2.92. The highest BCUT2D eigenvalue weighted by atomic mass is 16.5. The molecular formula is C12H20N4O2. The second kappa shape index (κ2) is 5.97. The van der Waals surface area contributed by atoms with E-state index in [4.69, 9.17) is 15.2 Å². The summed E-state index contributed by atoms with van der Waals surface area (Å²) in [6, 6.07) is 1.87. The summed E-state index contributed by atoms with van der Waals surface area (Å²) in [5, 5.41) is 0. The van der Waals surface area contributed by atoms with Crippen LogP contribution in [0.2, 0.25) is 0 Å². The van der Waals surface area contributed by atoms with Crippen molar-refractivity contribution in [2.45, 2.75) is 26.0 Å². The van der Waals surface area contributed by atoms with E-state index in [0.29, 0.717) is 19.1 Å². The third kappa shape index (κ3) is 3.08. The molecule has 2 unspecified atom stereocenters. The normalized spacial score (nSPS) is 21.7. The Balaban J connectivity index is 2.08. The minimum absolute atomic E-state index is 0.0148. The maximum atomic E-state index is 5.88. The van der Waals surface area contributed by atoms with E-state index < -0.39 is 0 Å². The van der Waals surface area contributed by atoms with Crippen LogP contribution in [0.5, 0.6) is 5.88 Å². The van der Waals surface area contributed by atoms with Crippen molar-refractivity contribution < 1.29 is 9.47 Å². The van der Waals surface area contributed by atoms with Gasteiger partial charge in [0.05, 0.1) is 19.3 Å². The number of hydrogen-bond acceptors (Lipinski definition) is 6. The molecule has 0 aliphatic carbocycles. The molecule has 1 fully saturated rings. The van der Waals surface area contributed by atoms with Crippen molar-refractivity contribution in [2.24, 2.45) is 5.73 Å². The Hall–Kier alpha value is -1.40. The van der Waals surface area contributed by atoms with Gasteiger partial charge in [0.2, 0.25) is 5.88 Å². The zero-order chi connectivity index (χ0) is 13.0. The number of aromatic nitrogens is 2. The van der Waals surface area contributed by atoms with Gasteiger partial charge in [-0.05, 0) is 13.8 Å². The summed E-state index contributed by atoms with van der Waals surface area (Å²) in [4.78, 5) is 10.5. The third-order valence-corrected chi connectivity index (χ3v) is 2.92. The van der Waals surface area contributed by atoms with E-state index in [0.717, 1.165) is 18.9 Å². The van der Waals surface area contributed by atoms with Gasteiger partial charge in [-0.2, -0.15) is 0 Å². The van der Waals surface area contributed by atoms with E-state index in [1.54, 1.807) is 0 Å². The van der Waals surface area contributed by atoms with Gasteiger partial charge in [-0.25, -0.2) is 9.97 Å². The van der Waals surface area contributed by atoms with Crippen LogP contribution >= 0.6 is 0 Å². The van der Waals surface area contributed by atoms with Crippen LogP contribution in [0.25, 0.3) is 0 Å². The van der Waals surface area contributed by atoms with Gasteiger partial charge in [0.1, 0.15) is 12.1 Å². The van der Waals surface area contributed by atoms with Crippen LogP contribution in [-0.4, -0.2) is 48.4 Å². The van der Waals surface area contributed by atoms with Crippen LogP contribution in [0.3, 0.4) is 0 Å². The van der Waals surface area contributed by atoms with Gasteiger partial charge in [0, 0.05) is 25.2 Å². The summed E-state index contributed by atoms with van der Waals surface area (Å²) in [6.45, 7) is 6.72. The van der Waals surface area contributed by atoms with Crippen LogP contribution < -0.4 is 15.4 Å². The molecule has 1 aliphatic rings. The first-order valence-electron chi connectivity index (χ1n) is 6.27. The SMILES string of the molecule is CCOc1cc(N2CCOC(C(C)N)C2)ncn1. The highest BCUT2D eigenvalue weighted by Crippen LogP contribution is 2.19. The smallest absolute Gasteiger partial charge is 0.218 e. The molecule has 0 bridgehead atoms. The van der Waals surface area contributed by atoms with Gasteiger partial charge >= 0.3 is 0 Å². The van der Waals surface area contributed by atoms with Crippen LogP contribution in [0.15, 0.2) is 12.4 Å². The lowest BCUT2D eigenvalue weighted by Crippen LogP contribution is -2.49. The number of rotatable bonds is 4. The second-order valence-electron chi connectivity index (χ2n) is 4.36. The minimum atomic E-state index is 0.0148. The van der Waals surface area contributed by atoms with E-state index >= 15 is 0 Å². The molecule has 0 radical (unpaired) electrons. The first kappa shape index (κ1) is 13.0. The molecule has 1 aromatic heterocycles. The molecule has 2 N–H and O–H groups in total. The predicted octanol–water partition coefficient (Wildman–Crippen LogP) is 0.428. The topological polar surface area (TPSA) is 73.5 Å². The number of nitrogens with zero attached hydrogens (tertiary/aromatic N) is 3. The van der Waals surface area contributed by atoms with Crippen LogP contribution in [-0.2, 0) is 4.74 Å². The molecule has 6 nitrogen and oxygen atoms in total. The van der Waals surface area contributed by atoms with Gasteiger partial charge in [-0.3, -0.25) is 0 Å². The van der Waals surface area contributed by atoms with Gasteiger partial charge < -0.3 is 20.1 Å². The fourth-order valence-corrected chi connectivity index (χ4v) is 1.93. The van der Waals surface area contributed by atoms with Crippen molar-refractivity contribution in [3.63, 3.8) is 0 Å². The van der Waals surface area contributed by atoms with E-state index in [-0.39, 0.29) is 12.1 Å². The number of nitrogens with two attached hydrogens (primary N) is 1. The summed E-state index contributed by atoms with van der Waals surface area (Å²) in [6.07, 6.45) is 1.57. The Labute approximate surface area is 107 Å². The van der Waals surface area contributed by atoms with Crippen molar-refractivity contribution in [2.75, 3.05) is 31.2 Å². The van der Waals surface area contributed by atoms with Crippen LogP contribution in [0.4, 0.5) is 5.82 Å². The molecule has 1 aliphatic heterocycles. The van der Waals surface area contributed by atoms with Crippen molar-refractivity contribution in [3.8, 4) is 5.88 Å². The molecule has 0 amide bonds. The average Bonchev–Trinajstić information content (AvgIpc) is 2.39. The molecule has 1 aromatic rings. The molecule has 18 heavy (non-hydrogen) atoms. The van der Waals surface area contributed by atoms with E-state index in [2.05, 4.69) is 14.9 Å². The van der Waals surface area contributed by atoms with Crippen molar-refractivity contribution in [1.82, 2.24) is 9.97 Å². The zero-order valence-corrected chi connectivity index (χ0v) is 10.9. The number of anilines is 1. The second-order valence-corrected chi connectivity index (χ2v) is 4.36. The molecule has 0 aromatic carbocycles. The van der Waals surface area contributed by atoms with Crippen molar-refractivity contribution in [1.29, 1.82) is 0 Å². The lowest BCUT2D eigenvalue weighted by atomic mass is 10.1. The Morgan fingerprint density at radius 3 is 3.17 bits per heavy atom. The van der Waals surface area contributed by atoms with Crippen LogP contribution in [0.1, 0.15) is 13.8 Å². The van der Waals surface area contributed by atoms with E-state index in [1.807, 2.05) is 19.9 Å². The lowest BCUT2D eigenvalue weighted by molar-refractivity contribution is 0.0273. The van der Waals surface area contributed by atoms with Gasteiger partial charge in [0.15, 0.2) is 0 Å². The molecule has 6 heteroatoms. The molecular weight excluding hydrogens is 232 g/mol. The summed E-state index contributed by atoms with van der Waals surface area (Å²) >= 11 is 0. The summed E-state index contributed by atoms with van der Waals surface area (Å²) in [7, 11) is 0. The summed E-state index contributed by atoms with van der Waals surface area (Å²) in [5.74, 6) is 1.47. The average molecular weight is 252 g/mol. The Morgan fingerprint density at radius 1 is 1.61 bits per heavy atom. The maximum Gasteiger partial charge on any atom is 0.218 e.